The topological polar surface area (TPSA) is 128 Å². The molecule has 0 bridgehead atoms. The van der Waals surface area contributed by atoms with Gasteiger partial charge in [0.25, 0.3) is 0 Å². The second-order valence-electron chi connectivity index (χ2n) is 6.22. The number of hydrogen-bond acceptors (Lipinski definition) is 8. The van der Waals surface area contributed by atoms with Gasteiger partial charge in [-0.05, 0) is 25.6 Å². The number of rotatable bonds is 6. The van der Waals surface area contributed by atoms with Crippen LogP contribution in [-0.4, -0.2) is 59.7 Å². The van der Waals surface area contributed by atoms with E-state index in [9.17, 15) is 22.8 Å². The van der Waals surface area contributed by atoms with Crippen LogP contribution in [0.2, 0.25) is 0 Å². The first-order valence-corrected chi connectivity index (χ1v) is 9.89. The number of aliphatic imine (C=N–C) groups is 1. The van der Waals surface area contributed by atoms with Crippen LogP contribution in [0.25, 0.3) is 0 Å². The molecule has 0 saturated carbocycles. The van der Waals surface area contributed by atoms with Gasteiger partial charge in [-0.2, -0.15) is 0 Å². The molecule has 1 aromatic rings. The van der Waals surface area contributed by atoms with Gasteiger partial charge in [-0.1, -0.05) is 18.2 Å². The van der Waals surface area contributed by atoms with Crippen molar-refractivity contribution in [2.45, 2.75) is 23.8 Å². The molecule has 10 heteroatoms. The number of benzene rings is 1. The molecule has 0 aliphatic carbocycles. The summed E-state index contributed by atoms with van der Waals surface area (Å²) in [7, 11) is -0.329. The van der Waals surface area contributed by atoms with Gasteiger partial charge in [0.2, 0.25) is 10.0 Å². The second kappa shape index (κ2) is 8.61. The third kappa shape index (κ3) is 3.83. The van der Waals surface area contributed by atoms with E-state index in [0.29, 0.717) is 6.29 Å². The summed E-state index contributed by atoms with van der Waals surface area (Å²) in [4.78, 5) is 40.8. The second-order valence-corrected chi connectivity index (χ2v) is 8.07. The van der Waals surface area contributed by atoms with Crippen LogP contribution in [-0.2, 0) is 33.9 Å². The summed E-state index contributed by atoms with van der Waals surface area (Å²) in [5, 5.41) is 0. The first-order chi connectivity index (χ1) is 13.2. The van der Waals surface area contributed by atoms with Crippen LogP contribution in [0.1, 0.15) is 18.4 Å². The minimum absolute atomic E-state index is 0.107. The fraction of sp³-hybridized carbons (Fsp3) is 0.444. The zero-order valence-electron chi connectivity index (χ0n) is 15.9. The highest BCUT2D eigenvalue weighted by molar-refractivity contribution is 7.89. The molecule has 2 rings (SSSR count). The number of carbonyl (C=O) groups is 3. The molecular weight excluding hydrogens is 388 g/mol. The number of hydrogen-bond donors (Lipinski definition) is 1. The predicted molar refractivity (Wildman–Crippen MR) is 99.4 cm³/mol. The van der Waals surface area contributed by atoms with Crippen molar-refractivity contribution >= 4 is 34.0 Å². The molecule has 9 nitrogen and oxygen atoms in total. The van der Waals surface area contributed by atoms with Gasteiger partial charge in [-0.15, -0.1) is 0 Å². The lowest BCUT2D eigenvalue weighted by Gasteiger charge is -2.37. The molecule has 28 heavy (non-hydrogen) atoms. The highest BCUT2D eigenvalue weighted by Gasteiger charge is 2.50. The Morgan fingerprint density at radius 3 is 2.29 bits per heavy atom. The molecule has 152 valence electrons. The van der Waals surface area contributed by atoms with E-state index in [2.05, 4.69) is 9.71 Å². The van der Waals surface area contributed by atoms with E-state index >= 15 is 0 Å². The molecule has 0 aromatic heterocycles. The number of methoxy groups -OCH3 is 2. The van der Waals surface area contributed by atoms with Gasteiger partial charge in [0.1, 0.15) is 18.2 Å². The van der Waals surface area contributed by atoms with Crippen molar-refractivity contribution in [1.29, 1.82) is 0 Å². The quantitative estimate of drug-likeness (QED) is 0.527. The van der Waals surface area contributed by atoms with Gasteiger partial charge in [-0.3, -0.25) is 14.6 Å². The van der Waals surface area contributed by atoms with Crippen molar-refractivity contribution in [1.82, 2.24) is 4.72 Å². The van der Waals surface area contributed by atoms with Crippen LogP contribution in [0.4, 0.5) is 0 Å². The number of aldehydes is 1. The van der Waals surface area contributed by atoms with Crippen LogP contribution in [0.3, 0.4) is 0 Å². The van der Waals surface area contributed by atoms with Crippen LogP contribution >= 0.6 is 0 Å². The van der Waals surface area contributed by atoms with E-state index in [4.69, 9.17) is 9.47 Å². The lowest BCUT2D eigenvalue weighted by atomic mass is 9.70. The normalized spacial score (nSPS) is 24.8. The van der Waals surface area contributed by atoms with E-state index in [0.717, 1.165) is 7.11 Å². The predicted octanol–water partition coefficient (Wildman–Crippen LogP) is 0.299. The number of esters is 2. The van der Waals surface area contributed by atoms with Gasteiger partial charge in [-0.25, -0.2) is 13.1 Å². The van der Waals surface area contributed by atoms with Crippen molar-refractivity contribution in [3.05, 3.63) is 29.8 Å². The zero-order valence-corrected chi connectivity index (χ0v) is 16.7. The summed E-state index contributed by atoms with van der Waals surface area (Å²) >= 11 is 0. The smallest absolute Gasteiger partial charge is 0.315 e. The minimum atomic E-state index is -3.91. The summed E-state index contributed by atoms with van der Waals surface area (Å²) in [5.41, 5.74) is 0.467. The lowest BCUT2D eigenvalue weighted by Crippen LogP contribution is -2.47. The molecule has 1 aliphatic heterocycles. The first kappa shape index (κ1) is 21.7. The average molecular weight is 410 g/mol. The Morgan fingerprint density at radius 2 is 1.75 bits per heavy atom. The monoisotopic (exact) mass is 410 g/mol. The van der Waals surface area contributed by atoms with Gasteiger partial charge >= 0.3 is 11.9 Å². The summed E-state index contributed by atoms with van der Waals surface area (Å²) in [5.74, 6) is -4.74. The number of nitrogens with one attached hydrogen (secondary N) is 1. The Bertz CT molecular complexity index is 910. The van der Waals surface area contributed by atoms with E-state index in [-0.39, 0.29) is 16.2 Å². The Kier molecular flexibility index (Phi) is 6.68. The average Bonchev–Trinajstić information content (AvgIpc) is 2.71. The molecule has 0 radical (unpaired) electrons. The number of sulfonamides is 1. The molecule has 1 aliphatic rings. The van der Waals surface area contributed by atoms with Crippen molar-refractivity contribution < 1.29 is 32.3 Å². The fourth-order valence-electron chi connectivity index (χ4n) is 3.54. The number of carbonyl (C=O) groups excluding carboxylic acids is 3. The molecule has 0 amide bonds. The largest absolute Gasteiger partial charge is 0.469 e. The van der Waals surface area contributed by atoms with E-state index in [1.807, 2.05) is 0 Å². The minimum Gasteiger partial charge on any atom is -0.469 e. The van der Waals surface area contributed by atoms with Crippen LogP contribution in [0.15, 0.2) is 34.2 Å². The first-order valence-electron chi connectivity index (χ1n) is 8.41. The Morgan fingerprint density at radius 1 is 1.14 bits per heavy atom. The molecule has 4 unspecified atom stereocenters. The maximum Gasteiger partial charge on any atom is 0.315 e. The lowest BCUT2D eigenvalue weighted by molar-refractivity contribution is -0.151. The molecule has 4 atom stereocenters. The maximum absolute atomic E-state index is 12.5. The summed E-state index contributed by atoms with van der Waals surface area (Å²) in [6.45, 7) is 1.54. The van der Waals surface area contributed by atoms with Crippen molar-refractivity contribution in [3.63, 3.8) is 0 Å². The van der Waals surface area contributed by atoms with Gasteiger partial charge in [0, 0.05) is 11.6 Å². The van der Waals surface area contributed by atoms with Gasteiger partial charge in [0.15, 0.2) is 0 Å². The summed E-state index contributed by atoms with van der Waals surface area (Å²) in [6, 6.07) is 4.85. The van der Waals surface area contributed by atoms with E-state index in [1.165, 1.54) is 39.3 Å². The molecule has 0 spiro atoms. The van der Waals surface area contributed by atoms with Crippen LogP contribution in [0.5, 0.6) is 0 Å². The fourth-order valence-corrected chi connectivity index (χ4v) is 4.53. The molecular formula is C18H22N2O7S. The molecule has 1 heterocycles. The van der Waals surface area contributed by atoms with Crippen molar-refractivity contribution in [2.24, 2.45) is 16.8 Å². The van der Waals surface area contributed by atoms with Crippen molar-refractivity contribution in [3.8, 4) is 0 Å². The molecule has 1 aromatic carbocycles. The third-order valence-corrected chi connectivity index (χ3v) is 6.31. The zero-order chi connectivity index (χ0) is 21.1. The SMILES string of the molecule is CNS(=O)(=O)c1ccccc1C1C(C(=O)OC)C(C)=NC(C=O)C1C(=O)OC. The third-order valence-electron chi connectivity index (χ3n) is 4.82. The summed E-state index contributed by atoms with van der Waals surface area (Å²) in [6.07, 6.45) is 0.487. The molecule has 0 fully saturated rings. The van der Waals surface area contributed by atoms with Crippen LogP contribution in [0, 0.1) is 11.8 Å². The number of nitrogens with zero attached hydrogens (tertiary/aromatic N) is 1. The van der Waals surface area contributed by atoms with Gasteiger partial charge < -0.3 is 14.3 Å². The Hall–Kier alpha value is -2.59. The Balaban J connectivity index is 2.84. The van der Waals surface area contributed by atoms with Crippen LogP contribution < -0.4 is 4.72 Å². The summed E-state index contributed by atoms with van der Waals surface area (Å²) < 4.78 is 37.0. The highest BCUT2D eigenvalue weighted by atomic mass is 32.2. The Labute approximate surface area is 163 Å². The van der Waals surface area contributed by atoms with E-state index in [1.54, 1.807) is 6.07 Å². The number of ether oxygens (including phenoxy) is 2. The molecule has 1 N–H and O–H groups in total. The standard InChI is InChI=1S/C18H22N2O7S/c1-10-14(17(22)26-3)15(16(18(23)27-4)12(9-21)20-10)11-7-5-6-8-13(11)28(24,25)19-2/h5-9,12,14-16,19H,1-4H3. The van der Waals surface area contributed by atoms with Gasteiger partial charge in [0.05, 0.1) is 25.0 Å². The molecule has 0 saturated heterocycles. The maximum atomic E-state index is 12.5. The highest BCUT2D eigenvalue weighted by Crippen LogP contribution is 2.42. The van der Waals surface area contributed by atoms with Crippen molar-refractivity contribution in [2.75, 3.05) is 21.3 Å². The van der Waals surface area contributed by atoms with E-state index < -0.39 is 45.8 Å².